The van der Waals surface area contributed by atoms with Crippen molar-refractivity contribution >= 4 is 17.8 Å². The van der Waals surface area contributed by atoms with Crippen LogP contribution in [-0.2, 0) is 5.41 Å². The minimum atomic E-state index is -0.176. The van der Waals surface area contributed by atoms with Gasteiger partial charge in [0.05, 0.1) is 18.1 Å². The monoisotopic (exact) mass is 413 g/mol. The second-order valence-corrected chi connectivity index (χ2v) is 8.08. The van der Waals surface area contributed by atoms with Crippen LogP contribution in [0, 0.1) is 0 Å². The Morgan fingerprint density at radius 3 is 2.45 bits per heavy atom. The Labute approximate surface area is 180 Å². The molecular weight excluding hydrogens is 390 g/mol. The van der Waals surface area contributed by atoms with Crippen LogP contribution in [0.5, 0.6) is 0 Å². The Balaban J connectivity index is 1.24. The molecule has 156 valence electrons. The lowest BCUT2D eigenvalue weighted by Gasteiger charge is -2.45. The van der Waals surface area contributed by atoms with Crippen molar-refractivity contribution in [3.63, 3.8) is 0 Å². The number of amides is 3. The highest BCUT2D eigenvalue weighted by molar-refractivity contribution is 5.97. The molecule has 2 aliphatic rings. The molecule has 1 fully saturated rings. The van der Waals surface area contributed by atoms with Crippen molar-refractivity contribution in [2.24, 2.45) is 0 Å². The number of aromatic nitrogens is 2. The van der Waals surface area contributed by atoms with E-state index in [0.29, 0.717) is 25.5 Å². The van der Waals surface area contributed by atoms with Gasteiger partial charge >= 0.3 is 6.03 Å². The van der Waals surface area contributed by atoms with Crippen molar-refractivity contribution in [1.29, 1.82) is 0 Å². The third-order valence-corrected chi connectivity index (χ3v) is 6.29. The molecule has 3 heterocycles. The van der Waals surface area contributed by atoms with Crippen molar-refractivity contribution in [2.75, 3.05) is 25.0 Å². The standard InChI is InChI=1S/C24H23N5O2/c30-22-18-8-4-5-9-19(18)24(16-27-22)10-12-29(13-11-24)23(31)28-21-15-25-20(14-26-21)17-6-2-1-3-7-17/h1-9,14-15H,10-13,16H2,(H,27,30)(H,26,28,31). The van der Waals surface area contributed by atoms with Gasteiger partial charge < -0.3 is 10.2 Å². The van der Waals surface area contributed by atoms with E-state index in [-0.39, 0.29) is 17.4 Å². The van der Waals surface area contributed by atoms with E-state index >= 15 is 0 Å². The molecule has 3 amide bonds. The molecule has 0 aliphatic carbocycles. The Kier molecular flexibility index (Phi) is 4.86. The number of urea groups is 1. The summed E-state index contributed by atoms with van der Waals surface area (Å²) in [7, 11) is 0. The zero-order valence-electron chi connectivity index (χ0n) is 17.0. The Morgan fingerprint density at radius 1 is 0.968 bits per heavy atom. The van der Waals surface area contributed by atoms with Crippen molar-refractivity contribution < 1.29 is 9.59 Å². The smallest absolute Gasteiger partial charge is 0.323 e. The fourth-order valence-electron chi connectivity index (χ4n) is 4.51. The predicted molar refractivity (Wildman–Crippen MR) is 118 cm³/mol. The van der Waals surface area contributed by atoms with Crippen LogP contribution in [0.2, 0.25) is 0 Å². The lowest BCUT2D eigenvalue weighted by atomic mass is 9.69. The van der Waals surface area contributed by atoms with E-state index in [0.717, 1.165) is 35.2 Å². The number of hydrogen-bond acceptors (Lipinski definition) is 4. The van der Waals surface area contributed by atoms with Crippen LogP contribution in [0.15, 0.2) is 67.0 Å². The summed E-state index contributed by atoms with van der Waals surface area (Å²) in [6, 6.07) is 17.4. The fraction of sp³-hybridized carbons (Fsp3) is 0.250. The minimum absolute atomic E-state index is 0.0149. The quantitative estimate of drug-likeness (QED) is 0.674. The number of carbonyl (C=O) groups is 2. The van der Waals surface area contributed by atoms with Gasteiger partial charge in [0.15, 0.2) is 5.82 Å². The first kappa shape index (κ1) is 19.2. The van der Waals surface area contributed by atoms with E-state index < -0.39 is 0 Å². The highest BCUT2D eigenvalue weighted by Gasteiger charge is 2.42. The largest absolute Gasteiger partial charge is 0.351 e. The first-order valence-electron chi connectivity index (χ1n) is 10.5. The molecule has 5 rings (SSSR count). The van der Waals surface area contributed by atoms with E-state index in [1.807, 2.05) is 54.6 Å². The van der Waals surface area contributed by atoms with Gasteiger partial charge in [-0.3, -0.25) is 15.1 Å². The van der Waals surface area contributed by atoms with Crippen molar-refractivity contribution in [3.8, 4) is 11.3 Å². The third kappa shape index (κ3) is 3.63. The van der Waals surface area contributed by atoms with Gasteiger partial charge in [0.1, 0.15) is 0 Å². The molecule has 0 atom stereocenters. The SMILES string of the molecule is O=C1NCC2(CCN(C(=O)Nc3cnc(-c4ccccc4)cn3)CC2)c2ccccc21. The number of likely N-dealkylation sites (tertiary alicyclic amines) is 1. The van der Waals surface area contributed by atoms with Gasteiger partial charge in [-0.2, -0.15) is 0 Å². The summed E-state index contributed by atoms with van der Waals surface area (Å²) in [5.41, 5.74) is 3.48. The molecule has 31 heavy (non-hydrogen) atoms. The number of piperidine rings is 1. The van der Waals surface area contributed by atoms with Crippen molar-refractivity contribution in [3.05, 3.63) is 78.1 Å². The predicted octanol–water partition coefficient (Wildman–Crippen LogP) is 3.45. The molecule has 0 radical (unpaired) electrons. The second kappa shape index (κ2) is 7.83. The number of nitrogens with one attached hydrogen (secondary N) is 2. The third-order valence-electron chi connectivity index (χ3n) is 6.29. The van der Waals surface area contributed by atoms with Gasteiger partial charge in [-0.15, -0.1) is 0 Å². The van der Waals surface area contributed by atoms with Crippen LogP contribution in [0.3, 0.4) is 0 Å². The summed E-state index contributed by atoms with van der Waals surface area (Å²) < 4.78 is 0. The number of carbonyl (C=O) groups excluding carboxylic acids is 2. The van der Waals surface area contributed by atoms with E-state index in [1.165, 1.54) is 0 Å². The topological polar surface area (TPSA) is 87.2 Å². The maximum Gasteiger partial charge on any atom is 0.323 e. The summed E-state index contributed by atoms with van der Waals surface area (Å²) in [6.07, 6.45) is 4.85. The van der Waals surface area contributed by atoms with Crippen LogP contribution in [0.4, 0.5) is 10.6 Å². The normalized spacial score (nSPS) is 17.0. The van der Waals surface area contributed by atoms with Gasteiger partial charge in [-0.05, 0) is 24.5 Å². The summed E-state index contributed by atoms with van der Waals surface area (Å²) in [5.74, 6) is 0.416. The van der Waals surface area contributed by atoms with Crippen LogP contribution >= 0.6 is 0 Å². The van der Waals surface area contributed by atoms with Gasteiger partial charge in [0.2, 0.25) is 0 Å². The van der Waals surface area contributed by atoms with E-state index in [2.05, 4.69) is 20.6 Å². The number of hydrogen-bond donors (Lipinski definition) is 2. The van der Waals surface area contributed by atoms with Crippen LogP contribution in [0.25, 0.3) is 11.3 Å². The fourth-order valence-corrected chi connectivity index (χ4v) is 4.51. The Bertz CT molecular complexity index is 1110. The van der Waals surface area contributed by atoms with Crippen molar-refractivity contribution in [1.82, 2.24) is 20.2 Å². The molecule has 0 unspecified atom stereocenters. The first-order chi connectivity index (χ1) is 15.1. The summed E-state index contributed by atoms with van der Waals surface area (Å²) >= 11 is 0. The number of anilines is 1. The molecule has 2 aliphatic heterocycles. The van der Waals surface area contributed by atoms with E-state index in [9.17, 15) is 9.59 Å². The first-order valence-corrected chi connectivity index (χ1v) is 10.5. The molecule has 1 saturated heterocycles. The van der Waals surface area contributed by atoms with Gasteiger partial charge in [0, 0.05) is 36.2 Å². The number of benzene rings is 2. The number of rotatable bonds is 2. The summed E-state index contributed by atoms with van der Waals surface area (Å²) in [6.45, 7) is 1.85. The van der Waals surface area contributed by atoms with Crippen molar-refractivity contribution in [2.45, 2.75) is 18.3 Å². The molecule has 7 heteroatoms. The van der Waals surface area contributed by atoms with E-state index in [1.54, 1.807) is 17.3 Å². The highest BCUT2D eigenvalue weighted by Crippen LogP contribution is 2.39. The molecule has 0 saturated carbocycles. The lowest BCUT2D eigenvalue weighted by molar-refractivity contribution is 0.0897. The number of nitrogens with zero attached hydrogens (tertiary/aromatic N) is 3. The maximum atomic E-state index is 12.8. The molecule has 2 N–H and O–H groups in total. The summed E-state index contributed by atoms with van der Waals surface area (Å²) in [5, 5.41) is 5.88. The number of fused-ring (bicyclic) bond motifs is 2. The van der Waals surface area contributed by atoms with Crippen LogP contribution in [-0.4, -0.2) is 46.4 Å². The van der Waals surface area contributed by atoms with Gasteiger partial charge in [-0.25, -0.2) is 9.78 Å². The maximum absolute atomic E-state index is 12.8. The second-order valence-electron chi connectivity index (χ2n) is 8.08. The molecule has 7 nitrogen and oxygen atoms in total. The Morgan fingerprint density at radius 2 is 1.71 bits per heavy atom. The molecule has 2 aromatic carbocycles. The van der Waals surface area contributed by atoms with Gasteiger partial charge in [-0.1, -0.05) is 48.5 Å². The van der Waals surface area contributed by atoms with Gasteiger partial charge in [0.25, 0.3) is 5.91 Å². The zero-order valence-corrected chi connectivity index (χ0v) is 17.0. The van der Waals surface area contributed by atoms with Crippen LogP contribution < -0.4 is 10.6 Å². The molecular formula is C24H23N5O2. The minimum Gasteiger partial charge on any atom is -0.351 e. The molecule has 1 spiro atoms. The average molecular weight is 413 g/mol. The Hall–Kier alpha value is -3.74. The average Bonchev–Trinajstić information content (AvgIpc) is 2.83. The molecule has 1 aromatic heterocycles. The molecule has 3 aromatic rings. The highest BCUT2D eigenvalue weighted by atomic mass is 16.2. The molecule has 0 bridgehead atoms. The van der Waals surface area contributed by atoms with E-state index in [4.69, 9.17) is 0 Å². The van der Waals surface area contributed by atoms with Crippen LogP contribution in [0.1, 0.15) is 28.8 Å². The zero-order chi connectivity index (χ0) is 21.3. The summed E-state index contributed by atoms with van der Waals surface area (Å²) in [4.78, 5) is 35.5. The lowest BCUT2D eigenvalue weighted by Crippen LogP contribution is -2.54.